The third-order valence-corrected chi connectivity index (χ3v) is 10.4. The van der Waals surface area contributed by atoms with E-state index in [1.807, 2.05) is 6.08 Å². The topological polar surface area (TPSA) is 254 Å². The molecule has 0 aliphatic carbocycles. The van der Waals surface area contributed by atoms with Crippen LogP contribution in [0.15, 0.2) is 12.2 Å². The minimum atomic E-state index is -4.79. The van der Waals surface area contributed by atoms with E-state index in [0.717, 1.165) is 103 Å². The summed E-state index contributed by atoms with van der Waals surface area (Å²) < 4.78 is 89.6. The summed E-state index contributed by atoms with van der Waals surface area (Å²) in [5.41, 5.74) is 0. The Labute approximate surface area is 314 Å². The maximum atomic E-state index is 11.7. The number of aliphatic hydroxyl groups is 2. The van der Waals surface area contributed by atoms with Crippen LogP contribution in [0.2, 0.25) is 0 Å². The molecule has 0 aromatic carbocycles. The minimum absolute atomic E-state index is 0.0987. The van der Waals surface area contributed by atoms with Gasteiger partial charge in [0.1, 0.15) is 6.54 Å². The number of aliphatic hydroxyl groups excluding tert-OH is 2. The normalized spacial score (nSPS) is 22.1. The van der Waals surface area contributed by atoms with Gasteiger partial charge in [-0.05, 0) is 63.9 Å². The molecule has 0 aromatic rings. The van der Waals surface area contributed by atoms with Crippen molar-refractivity contribution in [1.29, 1.82) is 0 Å². The van der Waals surface area contributed by atoms with E-state index in [2.05, 4.69) is 14.2 Å². The molecule has 0 aromatic heterocycles. The number of fused-ring (bicyclic) bond motifs is 2. The second-order valence-electron chi connectivity index (χ2n) is 13.8. The highest BCUT2D eigenvalue weighted by atomic mass is 32.3. The lowest BCUT2D eigenvalue weighted by molar-refractivity contribution is -0.198. The molecule has 2 fully saturated rings. The zero-order valence-corrected chi connectivity index (χ0v) is 32.5. The predicted octanol–water partition coefficient (Wildman–Crippen LogP) is 3.06. The number of unbranched alkanes of at least 4 members (excludes halogenated alkanes) is 9. The van der Waals surface area contributed by atoms with Crippen LogP contribution in [0.3, 0.4) is 0 Å². The molecule has 0 spiro atoms. The van der Waals surface area contributed by atoms with Crippen LogP contribution in [0.5, 0.6) is 0 Å². The van der Waals surface area contributed by atoms with Crippen LogP contribution in [0.4, 0.5) is 0 Å². The number of ether oxygens (including phenoxy) is 4. The minimum Gasteiger partial charge on any atom is -0.468 e. The third kappa shape index (κ3) is 22.4. The Balaban J connectivity index is 1.49. The maximum Gasteiger partial charge on any atom is 0.397 e. The Bertz CT molecular complexity index is 1300. The Morgan fingerprint density at radius 2 is 1.55 bits per heavy atom. The smallest absolute Gasteiger partial charge is 0.397 e. The van der Waals surface area contributed by atoms with Crippen molar-refractivity contribution in [3.63, 3.8) is 0 Å². The van der Waals surface area contributed by atoms with E-state index in [1.165, 1.54) is 13.2 Å². The van der Waals surface area contributed by atoms with Crippen LogP contribution in [0.1, 0.15) is 122 Å². The molecule has 53 heavy (non-hydrogen) atoms. The van der Waals surface area contributed by atoms with Gasteiger partial charge in [-0.2, -0.15) is 21.6 Å². The van der Waals surface area contributed by atoms with Crippen molar-refractivity contribution in [3.05, 3.63) is 12.2 Å². The molecule has 19 heteroatoms. The number of nitrogens with one attached hydrogen (secondary N) is 2. The largest absolute Gasteiger partial charge is 0.468 e. The lowest BCUT2D eigenvalue weighted by Gasteiger charge is -2.31. The fraction of sp³-hybridized carbons (Fsp3) is 0.882. The van der Waals surface area contributed by atoms with Gasteiger partial charge in [-0.25, -0.2) is 4.18 Å². The summed E-state index contributed by atoms with van der Waals surface area (Å²) >= 11 is 0. The Morgan fingerprint density at radius 3 is 2.23 bits per heavy atom. The van der Waals surface area contributed by atoms with E-state index in [4.69, 9.17) is 23.3 Å². The van der Waals surface area contributed by atoms with Gasteiger partial charge in [-0.3, -0.25) is 18.7 Å². The molecule has 2 heterocycles. The number of hydrogen-bond acceptors (Lipinski definition) is 13. The number of carbonyl (C=O) groups excluding carboxylic acids is 2. The highest BCUT2D eigenvalue weighted by Gasteiger charge is 2.49. The highest BCUT2D eigenvalue weighted by molar-refractivity contribution is 7.83. The van der Waals surface area contributed by atoms with Crippen molar-refractivity contribution in [3.8, 4) is 0 Å². The molecule has 2 unspecified atom stereocenters. The first kappa shape index (κ1) is 47.4. The molecule has 1 amide bonds. The third-order valence-electron chi connectivity index (χ3n) is 9.30. The second kappa shape index (κ2) is 25.4. The molecular weight excluding hydrogens is 741 g/mol. The van der Waals surface area contributed by atoms with Crippen LogP contribution < -0.4 is 10.0 Å². The summed E-state index contributed by atoms with van der Waals surface area (Å²) in [6.07, 6.45) is 18.0. The Hall–Kier alpha value is -1.78. The van der Waals surface area contributed by atoms with Gasteiger partial charge in [-0.15, -0.1) is 0 Å². The van der Waals surface area contributed by atoms with E-state index < -0.39 is 57.3 Å². The molecule has 2 bridgehead atoms. The van der Waals surface area contributed by atoms with Crippen molar-refractivity contribution >= 4 is 32.6 Å². The molecule has 6 atom stereocenters. The lowest BCUT2D eigenvalue weighted by Crippen LogP contribution is -2.41. The SMILES string of the molecule is COC(=O)CNC(=O)/C=C/CCCCC[C@H]1O[C@]2(CCCCCC(O)C(O)CCCCCCCOC[C@H](COS(=O)(=O)O)NS(=O)(=O)O)CCC[C@H]1O2. The number of hydrogen-bond donors (Lipinski definition) is 6. The lowest BCUT2D eigenvalue weighted by atomic mass is 9.95. The Morgan fingerprint density at radius 1 is 0.887 bits per heavy atom. The van der Waals surface area contributed by atoms with Gasteiger partial charge < -0.3 is 34.5 Å². The van der Waals surface area contributed by atoms with Crippen LogP contribution in [-0.2, 0) is 53.4 Å². The van der Waals surface area contributed by atoms with Gasteiger partial charge in [0.05, 0.1) is 50.8 Å². The Kier molecular flexibility index (Phi) is 22.7. The molecule has 310 valence electrons. The fourth-order valence-corrected chi connectivity index (χ4v) is 7.43. The van der Waals surface area contributed by atoms with Crippen LogP contribution in [-0.4, -0.2) is 118 Å². The molecule has 0 radical (unpaired) electrons. The van der Waals surface area contributed by atoms with Gasteiger partial charge in [0.25, 0.3) is 0 Å². The first-order chi connectivity index (χ1) is 25.1. The quantitative estimate of drug-likeness (QED) is 0.0255. The number of rotatable bonds is 31. The zero-order chi connectivity index (χ0) is 39.2. The summed E-state index contributed by atoms with van der Waals surface area (Å²) in [5.74, 6) is -1.32. The van der Waals surface area contributed by atoms with Gasteiger partial charge >= 0.3 is 26.7 Å². The average molecular weight is 803 g/mol. The summed E-state index contributed by atoms with van der Waals surface area (Å²) in [6, 6.07) is -1.22. The van der Waals surface area contributed by atoms with Gasteiger partial charge in [0.15, 0.2) is 5.79 Å². The first-order valence-corrected chi connectivity index (χ1v) is 21.6. The van der Waals surface area contributed by atoms with Gasteiger partial charge in [0.2, 0.25) is 5.91 Å². The van der Waals surface area contributed by atoms with E-state index >= 15 is 0 Å². The predicted molar refractivity (Wildman–Crippen MR) is 193 cm³/mol. The highest BCUT2D eigenvalue weighted by Crippen LogP contribution is 2.44. The number of methoxy groups -OCH3 is 1. The van der Waals surface area contributed by atoms with Crippen LogP contribution in [0, 0.1) is 0 Å². The molecular formula is C34H62N2O15S2. The maximum absolute atomic E-state index is 11.7. The zero-order valence-electron chi connectivity index (χ0n) is 30.9. The number of carbonyl (C=O) groups is 2. The molecule has 2 saturated heterocycles. The molecule has 2 aliphatic heterocycles. The molecule has 2 rings (SSSR count). The van der Waals surface area contributed by atoms with Gasteiger partial charge in [-0.1, -0.05) is 57.4 Å². The average Bonchev–Trinajstić information content (AvgIpc) is 3.34. The van der Waals surface area contributed by atoms with E-state index in [9.17, 15) is 36.6 Å². The van der Waals surface area contributed by atoms with Crippen LogP contribution >= 0.6 is 0 Å². The van der Waals surface area contributed by atoms with Crippen molar-refractivity contribution in [2.45, 2.75) is 158 Å². The number of esters is 1. The number of allylic oxidation sites excluding steroid dienone is 1. The van der Waals surface area contributed by atoms with Crippen LogP contribution in [0.25, 0.3) is 0 Å². The van der Waals surface area contributed by atoms with Crippen molar-refractivity contribution in [2.24, 2.45) is 0 Å². The summed E-state index contributed by atoms with van der Waals surface area (Å²) in [5, 5.41) is 23.3. The van der Waals surface area contributed by atoms with Crippen molar-refractivity contribution in [2.75, 3.05) is 33.5 Å². The van der Waals surface area contributed by atoms with E-state index in [0.29, 0.717) is 19.3 Å². The second-order valence-corrected chi connectivity index (χ2v) is 16.1. The van der Waals surface area contributed by atoms with Crippen molar-refractivity contribution < 1.29 is 68.9 Å². The first-order valence-electron chi connectivity index (χ1n) is 18.8. The molecule has 0 saturated carbocycles. The van der Waals surface area contributed by atoms with E-state index in [1.54, 1.807) is 4.72 Å². The standard InChI is InChI=1S/C34H62N2O15S2/c1-47-33(40)24-35-32(39)20-12-6-2-5-11-18-30-31-19-15-22-34(50-30,51-31)21-13-8-10-17-29(38)28(37)16-9-4-3-7-14-23-48-25-27(36-52(41,42)43)26-49-53(44,45)46/h12,20,27-31,36-38H,2-11,13-19,21-26H2,1H3,(H,35,39)(H,41,42,43)(H,44,45,46)/b20-12+/t27-,28?,29?,30-,31-,34+/m1/s1. The molecule has 2 aliphatic rings. The van der Waals surface area contributed by atoms with E-state index in [-0.39, 0.29) is 37.9 Å². The summed E-state index contributed by atoms with van der Waals surface area (Å²) in [7, 11) is -8.15. The number of amides is 1. The monoisotopic (exact) mass is 802 g/mol. The fourth-order valence-electron chi connectivity index (χ4n) is 6.54. The summed E-state index contributed by atoms with van der Waals surface area (Å²) in [6.45, 7) is -0.924. The van der Waals surface area contributed by atoms with Crippen molar-refractivity contribution in [1.82, 2.24) is 10.0 Å². The molecule has 17 nitrogen and oxygen atoms in total. The van der Waals surface area contributed by atoms with Gasteiger partial charge in [0, 0.05) is 19.4 Å². The summed E-state index contributed by atoms with van der Waals surface area (Å²) in [4.78, 5) is 22.8. The molecule has 6 N–H and O–H groups in total.